The number of urea groups is 1. The zero-order chi connectivity index (χ0) is 14.7. The van der Waals surface area contributed by atoms with Gasteiger partial charge in [-0.05, 0) is 31.0 Å². The Morgan fingerprint density at radius 2 is 2.20 bits per heavy atom. The maximum absolute atomic E-state index is 12.2. The van der Waals surface area contributed by atoms with Crippen LogP contribution in [0.25, 0.3) is 0 Å². The van der Waals surface area contributed by atoms with E-state index in [1.165, 1.54) is 4.90 Å². The number of carbonyl (C=O) groups excluding carboxylic acids is 3. The van der Waals surface area contributed by atoms with Gasteiger partial charge in [0.2, 0.25) is 11.8 Å². The van der Waals surface area contributed by atoms with Gasteiger partial charge in [-0.3, -0.25) is 14.9 Å². The van der Waals surface area contributed by atoms with Crippen LogP contribution in [0.4, 0.5) is 10.5 Å². The molecule has 1 aromatic carbocycles. The molecule has 1 aliphatic heterocycles. The van der Waals surface area contributed by atoms with E-state index in [2.05, 4.69) is 10.6 Å². The monoisotopic (exact) mass is 275 g/mol. The van der Waals surface area contributed by atoms with E-state index in [4.69, 9.17) is 0 Å². The van der Waals surface area contributed by atoms with Gasteiger partial charge in [-0.1, -0.05) is 19.1 Å². The van der Waals surface area contributed by atoms with Crippen molar-refractivity contribution in [3.8, 4) is 0 Å². The van der Waals surface area contributed by atoms with E-state index >= 15 is 0 Å². The maximum Gasteiger partial charge on any atom is 0.323 e. The van der Waals surface area contributed by atoms with Crippen LogP contribution in [0.3, 0.4) is 0 Å². The Morgan fingerprint density at radius 3 is 2.85 bits per heavy atom. The first-order valence-corrected chi connectivity index (χ1v) is 6.49. The third kappa shape index (κ3) is 2.96. The van der Waals surface area contributed by atoms with Crippen LogP contribution in [0.15, 0.2) is 24.3 Å². The van der Waals surface area contributed by atoms with Crippen LogP contribution in [0.1, 0.15) is 18.9 Å². The van der Waals surface area contributed by atoms with E-state index < -0.39 is 23.9 Å². The molecule has 1 atom stereocenters. The lowest BCUT2D eigenvalue weighted by molar-refractivity contribution is -0.138. The topological polar surface area (TPSA) is 78.5 Å². The second-order valence-corrected chi connectivity index (χ2v) is 4.76. The average Bonchev–Trinajstić information content (AvgIpc) is 2.37. The summed E-state index contributed by atoms with van der Waals surface area (Å²) in [6.45, 7) is 3.61. The Balaban J connectivity index is 2.14. The Morgan fingerprint density at radius 1 is 1.45 bits per heavy atom. The van der Waals surface area contributed by atoms with Crippen molar-refractivity contribution < 1.29 is 14.4 Å². The van der Waals surface area contributed by atoms with Gasteiger partial charge in [0.1, 0.15) is 12.6 Å². The molecule has 6 heteroatoms. The molecule has 1 unspecified atom stereocenters. The molecular weight excluding hydrogens is 258 g/mol. The van der Waals surface area contributed by atoms with E-state index in [-0.39, 0.29) is 6.54 Å². The van der Waals surface area contributed by atoms with Crippen molar-refractivity contribution in [3.05, 3.63) is 29.8 Å². The van der Waals surface area contributed by atoms with E-state index in [0.29, 0.717) is 12.1 Å². The minimum atomic E-state index is -0.613. The highest BCUT2D eigenvalue weighted by Crippen LogP contribution is 2.14. The summed E-state index contributed by atoms with van der Waals surface area (Å²) in [5, 5.41) is 4.95. The number of hydrogen-bond donors (Lipinski definition) is 2. The van der Waals surface area contributed by atoms with Crippen LogP contribution in [0.2, 0.25) is 0 Å². The summed E-state index contributed by atoms with van der Waals surface area (Å²) in [6, 6.07) is 6.28. The molecular formula is C14H17N3O3. The molecule has 6 nitrogen and oxygen atoms in total. The summed E-state index contributed by atoms with van der Waals surface area (Å²) in [5.74, 6) is -0.887. The number of piperazine rings is 1. The Bertz CT molecular complexity index is 556. The van der Waals surface area contributed by atoms with Crippen molar-refractivity contribution >= 4 is 23.5 Å². The fourth-order valence-corrected chi connectivity index (χ4v) is 2.20. The molecule has 2 N–H and O–H groups in total. The first-order chi connectivity index (χ1) is 9.51. The smallest absolute Gasteiger partial charge is 0.308 e. The Hall–Kier alpha value is -2.37. The molecule has 20 heavy (non-hydrogen) atoms. The number of aryl methyl sites for hydroxylation is 1. The summed E-state index contributed by atoms with van der Waals surface area (Å²) in [5.41, 5.74) is 1.66. The predicted octanol–water partition coefficient (Wildman–Crippen LogP) is 1.26. The molecule has 1 heterocycles. The molecule has 1 aliphatic rings. The van der Waals surface area contributed by atoms with Crippen molar-refractivity contribution in [2.24, 2.45) is 0 Å². The van der Waals surface area contributed by atoms with E-state index in [1.807, 2.05) is 25.1 Å². The maximum atomic E-state index is 12.2. The summed E-state index contributed by atoms with van der Waals surface area (Å²) >= 11 is 0. The Kier molecular flexibility index (Phi) is 4.02. The molecule has 106 valence electrons. The number of benzene rings is 1. The third-order valence-corrected chi connectivity index (χ3v) is 3.17. The summed E-state index contributed by atoms with van der Waals surface area (Å²) < 4.78 is 0. The van der Waals surface area contributed by atoms with Gasteiger partial charge < -0.3 is 10.2 Å². The van der Waals surface area contributed by atoms with Crippen molar-refractivity contribution in [3.63, 3.8) is 0 Å². The molecule has 0 bridgehead atoms. The van der Waals surface area contributed by atoms with Gasteiger partial charge in [0.25, 0.3) is 0 Å². The van der Waals surface area contributed by atoms with Gasteiger partial charge in [-0.25, -0.2) is 4.79 Å². The lowest BCUT2D eigenvalue weighted by Crippen LogP contribution is -2.60. The van der Waals surface area contributed by atoms with Gasteiger partial charge in [0.05, 0.1) is 0 Å². The quantitative estimate of drug-likeness (QED) is 0.798. The fourth-order valence-electron chi connectivity index (χ4n) is 2.20. The number of nitrogens with zero attached hydrogens (tertiary/aromatic N) is 1. The Labute approximate surface area is 117 Å². The molecule has 1 fully saturated rings. The average molecular weight is 275 g/mol. The molecule has 0 aromatic heterocycles. The minimum absolute atomic E-state index is 0.109. The minimum Gasteiger partial charge on any atom is -0.308 e. The fraction of sp³-hybridized carbons (Fsp3) is 0.357. The van der Waals surface area contributed by atoms with Crippen molar-refractivity contribution in [1.29, 1.82) is 0 Å². The van der Waals surface area contributed by atoms with Gasteiger partial charge >= 0.3 is 6.03 Å². The zero-order valence-corrected chi connectivity index (χ0v) is 11.5. The van der Waals surface area contributed by atoms with Crippen molar-refractivity contribution in [2.75, 3.05) is 11.9 Å². The summed E-state index contributed by atoms with van der Waals surface area (Å²) in [6.07, 6.45) is 0.459. The normalized spacial score (nSPS) is 18.7. The standard InChI is InChI=1S/C14H17N3O3/c1-3-11-13(19)16-12(18)8-17(11)14(20)15-10-6-4-5-9(2)7-10/h4-7,11H,3,8H2,1-2H3,(H,15,20)(H,16,18,19). The molecule has 1 aromatic rings. The first-order valence-electron chi connectivity index (χ1n) is 6.49. The molecule has 0 spiro atoms. The highest BCUT2D eigenvalue weighted by molar-refractivity contribution is 6.05. The largest absolute Gasteiger partial charge is 0.323 e. The third-order valence-electron chi connectivity index (χ3n) is 3.17. The van der Waals surface area contributed by atoms with Gasteiger partial charge in [-0.15, -0.1) is 0 Å². The molecule has 0 radical (unpaired) electrons. The summed E-state index contributed by atoms with van der Waals surface area (Å²) in [7, 11) is 0. The van der Waals surface area contributed by atoms with Gasteiger partial charge in [-0.2, -0.15) is 0 Å². The van der Waals surface area contributed by atoms with E-state index in [0.717, 1.165) is 5.56 Å². The SMILES string of the molecule is CCC1C(=O)NC(=O)CN1C(=O)Nc1cccc(C)c1. The molecule has 0 aliphatic carbocycles. The lowest BCUT2D eigenvalue weighted by Gasteiger charge is -2.33. The van der Waals surface area contributed by atoms with Crippen LogP contribution in [0, 0.1) is 6.92 Å². The van der Waals surface area contributed by atoms with Crippen molar-refractivity contribution in [1.82, 2.24) is 10.2 Å². The van der Waals surface area contributed by atoms with Crippen molar-refractivity contribution in [2.45, 2.75) is 26.3 Å². The highest BCUT2D eigenvalue weighted by atomic mass is 16.2. The van der Waals surface area contributed by atoms with Crippen LogP contribution in [0.5, 0.6) is 0 Å². The highest BCUT2D eigenvalue weighted by Gasteiger charge is 2.35. The van der Waals surface area contributed by atoms with Crippen LogP contribution in [-0.2, 0) is 9.59 Å². The molecule has 4 amide bonds. The second kappa shape index (κ2) is 5.73. The number of hydrogen-bond acceptors (Lipinski definition) is 3. The number of rotatable bonds is 2. The van der Waals surface area contributed by atoms with Crippen LogP contribution >= 0.6 is 0 Å². The summed E-state index contributed by atoms with van der Waals surface area (Å²) in [4.78, 5) is 36.6. The molecule has 1 saturated heterocycles. The lowest BCUT2D eigenvalue weighted by atomic mass is 10.1. The molecule has 0 saturated carbocycles. The number of carbonyl (C=O) groups is 3. The number of anilines is 1. The zero-order valence-electron chi connectivity index (χ0n) is 11.5. The van der Waals surface area contributed by atoms with Crippen LogP contribution < -0.4 is 10.6 Å². The van der Waals surface area contributed by atoms with Gasteiger partial charge in [0, 0.05) is 5.69 Å². The number of imide groups is 1. The second-order valence-electron chi connectivity index (χ2n) is 4.76. The first kappa shape index (κ1) is 14.0. The van der Waals surface area contributed by atoms with E-state index in [1.54, 1.807) is 13.0 Å². The van der Waals surface area contributed by atoms with E-state index in [9.17, 15) is 14.4 Å². The number of amides is 4. The van der Waals surface area contributed by atoms with Crippen LogP contribution in [-0.4, -0.2) is 35.3 Å². The molecule has 2 rings (SSSR count). The van der Waals surface area contributed by atoms with Gasteiger partial charge in [0.15, 0.2) is 0 Å². The number of nitrogens with one attached hydrogen (secondary N) is 2. The predicted molar refractivity (Wildman–Crippen MR) is 74.1 cm³/mol.